The molecule has 0 amide bonds. The summed E-state index contributed by atoms with van der Waals surface area (Å²) in [5, 5.41) is 3.39. The average Bonchev–Trinajstić information content (AvgIpc) is 2.70. The molecule has 1 aliphatic rings. The van der Waals surface area contributed by atoms with Crippen molar-refractivity contribution in [3.63, 3.8) is 0 Å². The van der Waals surface area contributed by atoms with Crippen LogP contribution in [0.4, 0.5) is 0 Å². The van der Waals surface area contributed by atoms with Crippen molar-refractivity contribution in [1.29, 1.82) is 0 Å². The van der Waals surface area contributed by atoms with Gasteiger partial charge < -0.3 is 10.2 Å². The SMILES string of the molecule is CN=C(NCc1ccc(S(C)(=O)=O)cc1)N1CCC(=Cc2ccccc2)CC1. The highest BCUT2D eigenvalue weighted by Gasteiger charge is 2.17. The first kappa shape index (κ1) is 20.1. The monoisotopic (exact) mass is 397 g/mol. The Morgan fingerprint density at radius 3 is 2.29 bits per heavy atom. The largest absolute Gasteiger partial charge is 0.352 e. The molecule has 0 saturated carbocycles. The maximum atomic E-state index is 11.6. The Labute approximate surface area is 167 Å². The third kappa shape index (κ3) is 5.45. The molecule has 2 aromatic carbocycles. The fourth-order valence-corrected chi connectivity index (χ4v) is 3.93. The summed E-state index contributed by atoms with van der Waals surface area (Å²) in [5.74, 6) is 0.881. The highest BCUT2D eigenvalue weighted by atomic mass is 32.2. The van der Waals surface area contributed by atoms with E-state index < -0.39 is 9.84 Å². The highest BCUT2D eigenvalue weighted by molar-refractivity contribution is 7.90. The molecule has 0 unspecified atom stereocenters. The van der Waals surface area contributed by atoms with E-state index in [2.05, 4.69) is 45.6 Å². The minimum absolute atomic E-state index is 0.342. The van der Waals surface area contributed by atoms with Gasteiger partial charge >= 0.3 is 0 Å². The second kappa shape index (κ2) is 9.06. The van der Waals surface area contributed by atoms with Gasteiger partial charge in [0.25, 0.3) is 0 Å². The van der Waals surface area contributed by atoms with Crippen LogP contribution in [0.1, 0.15) is 24.0 Å². The van der Waals surface area contributed by atoms with Crippen LogP contribution in [0.3, 0.4) is 0 Å². The molecule has 3 rings (SSSR count). The molecule has 2 aromatic rings. The zero-order valence-corrected chi connectivity index (χ0v) is 17.2. The molecule has 0 aliphatic carbocycles. The maximum absolute atomic E-state index is 11.6. The average molecular weight is 398 g/mol. The maximum Gasteiger partial charge on any atom is 0.193 e. The van der Waals surface area contributed by atoms with Crippen molar-refractivity contribution in [3.05, 3.63) is 71.3 Å². The molecular weight excluding hydrogens is 370 g/mol. The number of piperidine rings is 1. The zero-order chi connectivity index (χ0) is 20.0. The number of guanidine groups is 1. The van der Waals surface area contributed by atoms with Crippen molar-refractivity contribution in [3.8, 4) is 0 Å². The molecule has 6 heteroatoms. The summed E-state index contributed by atoms with van der Waals surface area (Å²) < 4.78 is 23.1. The van der Waals surface area contributed by atoms with E-state index in [1.807, 2.05) is 18.2 Å². The van der Waals surface area contributed by atoms with Crippen molar-refractivity contribution in [2.24, 2.45) is 4.99 Å². The fourth-order valence-electron chi connectivity index (χ4n) is 3.30. The molecule has 0 bridgehead atoms. The molecule has 1 heterocycles. The quantitative estimate of drug-likeness (QED) is 0.635. The molecule has 5 nitrogen and oxygen atoms in total. The number of nitrogens with zero attached hydrogens (tertiary/aromatic N) is 2. The van der Waals surface area contributed by atoms with E-state index >= 15 is 0 Å². The van der Waals surface area contributed by atoms with E-state index in [0.29, 0.717) is 11.4 Å². The summed E-state index contributed by atoms with van der Waals surface area (Å²) in [7, 11) is -1.36. The first-order valence-corrected chi connectivity index (χ1v) is 11.3. The van der Waals surface area contributed by atoms with Crippen LogP contribution in [0, 0.1) is 0 Å². The Morgan fingerprint density at radius 2 is 1.71 bits per heavy atom. The molecule has 0 atom stereocenters. The normalized spacial score (nSPS) is 15.4. The van der Waals surface area contributed by atoms with E-state index in [-0.39, 0.29) is 0 Å². The molecule has 1 saturated heterocycles. The predicted molar refractivity (Wildman–Crippen MR) is 115 cm³/mol. The Morgan fingerprint density at radius 1 is 1.07 bits per heavy atom. The zero-order valence-electron chi connectivity index (χ0n) is 16.4. The summed E-state index contributed by atoms with van der Waals surface area (Å²) in [6, 6.07) is 17.4. The van der Waals surface area contributed by atoms with Gasteiger partial charge in [0, 0.05) is 32.9 Å². The van der Waals surface area contributed by atoms with Gasteiger partial charge in [0.05, 0.1) is 4.90 Å². The van der Waals surface area contributed by atoms with E-state index in [1.54, 1.807) is 19.2 Å². The van der Waals surface area contributed by atoms with Crippen LogP contribution in [-0.4, -0.2) is 45.7 Å². The number of aliphatic imine (C=N–C) groups is 1. The van der Waals surface area contributed by atoms with Crippen molar-refractivity contribution < 1.29 is 8.42 Å². The van der Waals surface area contributed by atoms with Crippen molar-refractivity contribution in [2.75, 3.05) is 26.4 Å². The highest BCUT2D eigenvalue weighted by Crippen LogP contribution is 2.19. The van der Waals surface area contributed by atoms with Crippen LogP contribution < -0.4 is 5.32 Å². The van der Waals surface area contributed by atoms with Crippen LogP contribution in [-0.2, 0) is 16.4 Å². The van der Waals surface area contributed by atoms with Crippen molar-refractivity contribution in [2.45, 2.75) is 24.3 Å². The van der Waals surface area contributed by atoms with E-state index in [4.69, 9.17) is 0 Å². The lowest BCUT2D eigenvalue weighted by atomic mass is 10.0. The third-order valence-corrected chi connectivity index (χ3v) is 6.02. The first-order valence-electron chi connectivity index (χ1n) is 9.45. The van der Waals surface area contributed by atoms with E-state index in [0.717, 1.165) is 37.5 Å². The van der Waals surface area contributed by atoms with Gasteiger partial charge in [-0.3, -0.25) is 4.99 Å². The Hall–Kier alpha value is -2.60. The van der Waals surface area contributed by atoms with Crippen LogP contribution in [0.2, 0.25) is 0 Å². The minimum Gasteiger partial charge on any atom is -0.352 e. The van der Waals surface area contributed by atoms with Gasteiger partial charge in [-0.2, -0.15) is 0 Å². The molecule has 0 radical (unpaired) electrons. The van der Waals surface area contributed by atoms with Crippen LogP contribution in [0.5, 0.6) is 0 Å². The number of likely N-dealkylation sites (tertiary alicyclic amines) is 1. The van der Waals surface area contributed by atoms with Gasteiger partial charge in [-0.05, 0) is 36.1 Å². The van der Waals surface area contributed by atoms with Gasteiger partial charge in [-0.25, -0.2) is 8.42 Å². The molecular formula is C22H27N3O2S. The van der Waals surface area contributed by atoms with Crippen LogP contribution in [0.15, 0.2) is 70.1 Å². The molecule has 1 fully saturated rings. The van der Waals surface area contributed by atoms with Crippen molar-refractivity contribution >= 4 is 21.9 Å². The smallest absolute Gasteiger partial charge is 0.193 e. The van der Waals surface area contributed by atoms with E-state index in [1.165, 1.54) is 17.4 Å². The predicted octanol–water partition coefficient (Wildman–Crippen LogP) is 3.34. The summed E-state index contributed by atoms with van der Waals surface area (Å²) in [4.78, 5) is 7.02. The second-order valence-electron chi connectivity index (χ2n) is 7.02. The molecule has 1 N–H and O–H groups in total. The third-order valence-electron chi connectivity index (χ3n) is 4.89. The summed E-state index contributed by atoms with van der Waals surface area (Å²) >= 11 is 0. The second-order valence-corrected chi connectivity index (χ2v) is 9.03. The Balaban J connectivity index is 1.54. The summed E-state index contributed by atoms with van der Waals surface area (Å²) in [6.45, 7) is 2.48. The number of nitrogens with one attached hydrogen (secondary N) is 1. The van der Waals surface area contributed by atoms with Gasteiger partial charge in [-0.15, -0.1) is 0 Å². The molecule has 0 spiro atoms. The molecule has 0 aromatic heterocycles. The minimum atomic E-state index is -3.16. The number of benzene rings is 2. The molecule has 1 aliphatic heterocycles. The Bertz CT molecular complexity index is 939. The van der Waals surface area contributed by atoms with Gasteiger partial charge in [0.2, 0.25) is 0 Å². The number of rotatable bonds is 4. The topological polar surface area (TPSA) is 61.8 Å². The molecule has 28 heavy (non-hydrogen) atoms. The Kier molecular flexibility index (Phi) is 6.52. The van der Waals surface area contributed by atoms with Crippen molar-refractivity contribution in [1.82, 2.24) is 10.2 Å². The van der Waals surface area contributed by atoms with Gasteiger partial charge in [0.1, 0.15) is 0 Å². The lowest BCUT2D eigenvalue weighted by Crippen LogP contribution is -2.44. The summed E-state index contributed by atoms with van der Waals surface area (Å²) in [5.41, 5.74) is 3.75. The lowest BCUT2D eigenvalue weighted by molar-refractivity contribution is 0.375. The van der Waals surface area contributed by atoms with Crippen LogP contribution >= 0.6 is 0 Å². The lowest BCUT2D eigenvalue weighted by Gasteiger charge is -2.31. The van der Waals surface area contributed by atoms with Crippen LogP contribution in [0.25, 0.3) is 6.08 Å². The van der Waals surface area contributed by atoms with Gasteiger partial charge in [0.15, 0.2) is 15.8 Å². The van der Waals surface area contributed by atoms with E-state index in [9.17, 15) is 8.42 Å². The number of hydrogen-bond donors (Lipinski definition) is 1. The standard InChI is InChI=1S/C22H27N3O2S/c1-23-22(24-17-20-8-10-21(11-9-20)28(2,26)27)25-14-12-19(13-15-25)16-18-6-4-3-5-7-18/h3-11,16H,12-15,17H2,1-2H3,(H,23,24). The summed E-state index contributed by atoms with van der Waals surface area (Å²) in [6.07, 6.45) is 5.56. The number of hydrogen-bond acceptors (Lipinski definition) is 3. The molecule has 148 valence electrons. The fraction of sp³-hybridized carbons (Fsp3) is 0.318. The van der Waals surface area contributed by atoms with Gasteiger partial charge in [-0.1, -0.05) is 54.1 Å². The first-order chi connectivity index (χ1) is 13.5. The number of sulfone groups is 1.